The minimum Gasteiger partial charge on any atom is -0.354 e. The summed E-state index contributed by atoms with van der Waals surface area (Å²) in [5.74, 6) is 0.863. The molecule has 1 aromatic carbocycles. The number of nitrogens with zero attached hydrogens (tertiary/aromatic N) is 3. The molecule has 1 aliphatic rings. The van der Waals surface area contributed by atoms with Crippen LogP contribution < -0.4 is 10.2 Å². The first-order valence-corrected chi connectivity index (χ1v) is 7.87. The molecule has 1 atom stereocenters. The summed E-state index contributed by atoms with van der Waals surface area (Å²) in [4.78, 5) is 22.3. The highest BCUT2D eigenvalue weighted by atomic mass is 35.5. The van der Waals surface area contributed by atoms with Gasteiger partial charge in [0.15, 0.2) is 0 Å². The zero-order valence-electron chi connectivity index (χ0n) is 12.8. The first-order chi connectivity index (χ1) is 10.5. The number of hydrogen-bond donors (Lipinski definition) is 1. The van der Waals surface area contributed by atoms with E-state index < -0.39 is 0 Å². The van der Waals surface area contributed by atoms with Crippen molar-refractivity contribution in [3.05, 3.63) is 29.0 Å². The van der Waals surface area contributed by atoms with Crippen molar-refractivity contribution in [3.8, 4) is 0 Å². The van der Waals surface area contributed by atoms with Crippen LogP contribution in [0.25, 0.3) is 10.9 Å². The Bertz CT molecular complexity index is 719. The minimum atomic E-state index is 0.00766. The smallest absolute Gasteiger partial charge is 0.224 e. The maximum atomic E-state index is 11.3. The van der Waals surface area contributed by atoms with Crippen molar-refractivity contribution in [3.63, 3.8) is 0 Å². The Labute approximate surface area is 134 Å². The Balaban J connectivity index is 1.98. The van der Waals surface area contributed by atoms with E-state index in [-0.39, 0.29) is 17.2 Å². The maximum Gasteiger partial charge on any atom is 0.224 e. The number of anilines is 1. The van der Waals surface area contributed by atoms with Crippen molar-refractivity contribution in [1.82, 2.24) is 15.3 Å². The van der Waals surface area contributed by atoms with E-state index in [4.69, 9.17) is 11.6 Å². The van der Waals surface area contributed by atoms with Crippen LogP contribution in [0.15, 0.2) is 18.2 Å². The molecule has 2 heterocycles. The summed E-state index contributed by atoms with van der Waals surface area (Å²) >= 11 is 6.12. The van der Waals surface area contributed by atoms with Gasteiger partial charge in [0, 0.05) is 31.4 Å². The Morgan fingerprint density at radius 1 is 1.41 bits per heavy atom. The number of hydrogen-bond acceptors (Lipinski definition) is 4. The fraction of sp³-hybridized carbons (Fsp3) is 0.438. The van der Waals surface area contributed by atoms with Crippen molar-refractivity contribution in [2.75, 3.05) is 18.0 Å². The van der Waals surface area contributed by atoms with Gasteiger partial charge in [-0.15, -0.1) is 0 Å². The first kappa shape index (κ1) is 15.0. The summed E-state index contributed by atoms with van der Waals surface area (Å²) in [6.07, 6.45) is 2.01. The SMILES string of the molecule is CC(=O)N[C@@H]1CCCN(c2nc(Cl)nc3c(C)cccc23)C1. The molecular formula is C16H19ClN4O. The summed E-state index contributed by atoms with van der Waals surface area (Å²) in [5.41, 5.74) is 1.97. The molecule has 3 rings (SSSR count). The number of aromatic nitrogens is 2. The van der Waals surface area contributed by atoms with E-state index >= 15 is 0 Å². The average Bonchev–Trinajstić information content (AvgIpc) is 2.47. The first-order valence-electron chi connectivity index (χ1n) is 7.49. The highest BCUT2D eigenvalue weighted by molar-refractivity contribution is 6.28. The van der Waals surface area contributed by atoms with E-state index in [0.29, 0.717) is 0 Å². The third-order valence-corrected chi connectivity index (χ3v) is 4.18. The molecule has 1 amide bonds. The number of aryl methyl sites for hydroxylation is 1. The van der Waals surface area contributed by atoms with Crippen LogP contribution in [0.1, 0.15) is 25.3 Å². The second-order valence-electron chi connectivity index (χ2n) is 5.77. The zero-order chi connectivity index (χ0) is 15.7. The van der Waals surface area contributed by atoms with Crippen molar-refractivity contribution in [2.45, 2.75) is 32.7 Å². The van der Waals surface area contributed by atoms with Gasteiger partial charge in [-0.25, -0.2) is 4.98 Å². The van der Waals surface area contributed by atoms with E-state index in [2.05, 4.69) is 20.2 Å². The van der Waals surface area contributed by atoms with Crippen molar-refractivity contribution < 1.29 is 4.79 Å². The number of para-hydroxylation sites is 1. The second kappa shape index (κ2) is 6.08. The van der Waals surface area contributed by atoms with E-state index in [9.17, 15) is 4.79 Å². The Hall–Kier alpha value is -1.88. The summed E-state index contributed by atoms with van der Waals surface area (Å²) < 4.78 is 0. The third kappa shape index (κ3) is 2.99. The molecule has 2 aromatic rings. The normalized spacial score (nSPS) is 18.5. The minimum absolute atomic E-state index is 0.00766. The van der Waals surface area contributed by atoms with E-state index in [0.717, 1.165) is 48.2 Å². The topological polar surface area (TPSA) is 58.1 Å². The Kier molecular flexibility index (Phi) is 4.16. The molecular weight excluding hydrogens is 300 g/mol. The average molecular weight is 319 g/mol. The number of fused-ring (bicyclic) bond motifs is 1. The van der Waals surface area contributed by atoms with E-state index in [1.165, 1.54) is 0 Å². The highest BCUT2D eigenvalue weighted by Gasteiger charge is 2.23. The molecule has 1 aliphatic heterocycles. The summed E-state index contributed by atoms with van der Waals surface area (Å²) in [6.45, 7) is 5.23. The highest BCUT2D eigenvalue weighted by Crippen LogP contribution is 2.29. The van der Waals surface area contributed by atoms with Crippen LogP contribution in [0.4, 0.5) is 5.82 Å². The lowest BCUT2D eigenvalue weighted by Gasteiger charge is -2.34. The zero-order valence-corrected chi connectivity index (χ0v) is 13.5. The van der Waals surface area contributed by atoms with Gasteiger partial charge in [0.2, 0.25) is 11.2 Å². The molecule has 1 N–H and O–H groups in total. The quantitative estimate of drug-likeness (QED) is 0.865. The van der Waals surface area contributed by atoms with Crippen LogP contribution in [0.5, 0.6) is 0 Å². The molecule has 0 radical (unpaired) electrons. The molecule has 1 aromatic heterocycles. The number of nitrogens with one attached hydrogen (secondary N) is 1. The largest absolute Gasteiger partial charge is 0.354 e. The van der Waals surface area contributed by atoms with E-state index in [1.54, 1.807) is 6.92 Å². The van der Waals surface area contributed by atoms with Crippen molar-refractivity contribution in [2.24, 2.45) is 0 Å². The van der Waals surface area contributed by atoms with Gasteiger partial charge in [-0.3, -0.25) is 4.79 Å². The lowest BCUT2D eigenvalue weighted by Crippen LogP contribution is -2.47. The molecule has 0 saturated carbocycles. The number of carbonyl (C=O) groups excluding carboxylic acids is 1. The molecule has 0 aliphatic carbocycles. The lowest BCUT2D eigenvalue weighted by atomic mass is 10.0. The molecule has 1 fully saturated rings. The standard InChI is InChI=1S/C16H19ClN4O/c1-10-5-3-7-13-14(10)19-16(17)20-15(13)21-8-4-6-12(9-21)18-11(2)22/h3,5,7,12H,4,6,8-9H2,1-2H3,(H,18,22)/t12-/m1/s1. The van der Waals surface area contributed by atoms with Crippen LogP contribution in [0, 0.1) is 6.92 Å². The van der Waals surface area contributed by atoms with Crippen LogP contribution in [-0.4, -0.2) is 35.0 Å². The van der Waals surface area contributed by atoms with Gasteiger partial charge >= 0.3 is 0 Å². The predicted octanol–water partition coefficient (Wildman–Crippen LogP) is 2.70. The number of carbonyl (C=O) groups is 1. The lowest BCUT2D eigenvalue weighted by molar-refractivity contribution is -0.119. The fourth-order valence-electron chi connectivity index (χ4n) is 3.07. The molecule has 0 spiro atoms. The summed E-state index contributed by atoms with van der Waals surface area (Å²) in [7, 11) is 0. The van der Waals surface area contributed by atoms with Gasteiger partial charge in [0.05, 0.1) is 5.52 Å². The van der Waals surface area contributed by atoms with Crippen LogP contribution >= 0.6 is 11.6 Å². The van der Waals surface area contributed by atoms with Gasteiger partial charge in [-0.1, -0.05) is 12.1 Å². The van der Waals surface area contributed by atoms with E-state index in [1.807, 2.05) is 25.1 Å². The number of rotatable bonds is 2. The van der Waals surface area contributed by atoms with Gasteiger partial charge < -0.3 is 10.2 Å². The number of amides is 1. The molecule has 0 unspecified atom stereocenters. The second-order valence-corrected chi connectivity index (χ2v) is 6.11. The van der Waals surface area contributed by atoms with Crippen LogP contribution in [-0.2, 0) is 4.79 Å². The third-order valence-electron chi connectivity index (χ3n) is 4.01. The van der Waals surface area contributed by atoms with Crippen LogP contribution in [0.2, 0.25) is 5.28 Å². The number of benzene rings is 1. The van der Waals surface area contributed by atoms with Gasteiger partial charge in [-0.05, 0) is 43.0 Å². The summed E-state index contributed by atoms with van der Waals surface area (Å²) in [6, 6.07) is 6.20. The fourth-order valence-corrected chi connectivity index (χ4v) is 3.23. The van der Waals surface area contributed by atoms with Crippen molar-refractivity contribution >= 4 is 34.2 Å². The Morgan fingerprint density at radius 2 is 2.23 bits per heavy atom. The monoisotopic (exact) mass is 318 g/mol. The Morgan fingerprint density at radius 3 is 3.00 bits per heavy atom. The van der Waals surface area contributed by atoms with Gasteiger partial charge in [0.25, 0.3) is 0 Å². The molecule has 5 nitrogen and oxygen atoms in total. The molecule has 116 valence electrons. The number of piperidine rings is 1. The van der Waals surface area contributed by atoms with Crippen LogP contribution in [0.3, 0.4) is 0 Å². The maximum absolute atomic E-state index is 11.3. The van der Waals surface area contributed by atoms with Gasteiger partial charge in [-0.2, -0.15) is 4.98 Å². The molecule has 22 heavy (non-hydrogen) atoms. The van der Waals surface area contributed by atoms with Gasteiger partial charge in [0.1, 0.15) is 5.82 Å². The number of halogens is 1. The predicted molar refractivity (Wildman–Crippen MR) is 88.3 cm³/mol. The molecule has 1 saturated heterocycles. The van der Waals surface area contributed by atoms with Crippen molar-refractivity contribution in [1.29, 1.82) is 0 Å². The molecule has 0 bridgehead atoms. The summed E-state index contributed by atoms with van der Waals surface area (Å²) in [5, 5.41) is 4.27. The molecule has 6 heteroatoms.